The first kappa shape index (κ1) is 5.44. The number of rotatable bonds is 0. The molecule has 0 saturated heterocycles. The minimum atomic E-state index is -1.06. The van der Waals surface area contributed by atoms with Gasteiger partial charge in [-0.25, -0.2) is 9.90 Å². The van der Waals surface area contributed by atoms with E-state index in [1.165, 1.54) is 0 Å². The summed E-state index contributed by atoms with van der Waals surface area (Å²) < 4.78 is 0. The van der Waals surface area contributed by atoms with Crippen LogP contribution >= 0.6 is 10.9 Å². The Bertz CT molecular complexity index is 148. The molecule has 0 saturated carbocycles. The Kier molecular flexibility index (Phi) is 1.39. The smallest absolute Gasteiger partial charge is 0.235 e. The molecule has 0 amide bonds. The Morgan fingerprint density at radius 1 is 1.25 bits per heavy atom. The van der Waals surface area contributed by atoms with Gasteiger partial charge >= 0.3 is 5.30 Å². The number of allylic oxidation sites excluding steroid dienone is 2. The van der Waals surface area contributed by atoms with Gasteiger partial charge in [-0.3, -0.25) is 0 Å². The summed E-state index contributed by atoms with van der Waals surface area (Å²) in [6.07, 6.45) is 3.45. The number of hydrogen-bond acceptors (Lipinski definition) is 1. The molecular formula is C5H5O2S. The first-order chi connectivity index (χ1) is 3.80. The zero-order valence-electron chi connectivity index (χ0n) is 4.07. The molecular weight excluding hydrogens is 124 g/mol. The molecule has 3 heteroatoms. The van der Waals surface area contributed by atoms with Crippen molar-refractivity contribution < 1.29 is 9.90 Å². The summed E-state index contributed by atoms with van der Waals surface area (Å²) in [5.74, 6) is 0. The Hall–Kier alpha value is -0.700. The summed E-state index contributed by atoms with van der Waals surface area (Å²) in [7, 11) is -1.06. The molecule has 0 atom stereocenters. The lowest BCUT2D eigenvalue weighted by atomic mass is 10.6. The monoisotopic (exact) mass is 129 g/mol. The van der Waals surface area contributed by atoms with Crippen molar-refractivity contribution in [3.63, 3.8) is 0 Å². The van der Waals surface area contributed by atoms with Crippen LogP contribution in [0.3, 0.4) is 0 Å². The average molecular weight is 129 g/mol. The quantitative estimate of drug-likeness (QED) is 0.495. The number of carbonyl (C=O) groups excluding carboxylic acids is 1. The number of thiol groups is 1. The molecule has 2 nitrogen and oxygen atoms in total. The lowest BCUT2D eigenvalue weighted by Crippen LogP contribution is -1.82. The van der Waals surface area contributed by atoms with E-state index in [0.29, 0.717) is 0 Å². The predicted octanol–water partition coefficient (Wildman–Crippen LogP) is 1.58. The fraction of sp³-hybridized carbons (Fsp3) is 0. The molecule has 1 rings (SSSR count). The van der Waals surface area contributed by atoms with Crippen LogP contribution in [-0.2, 0) is 5.11 Å². The summed E-state index contributed by atoms with van der Waals surface area (Å²) >= 11 is 0. The first-order valence-corrected chi connectivity index (χ1v) is 3.63. The standard InChI is InChI=1S/C5H5O2S/c6-5(7)8-3-1-2-4-8/h1-4,8H. The summed E-state index contributed by atoms with van der Waals surface area (Å²) in [4.78, 5) is 10.0. The Labute approximate surface area is 49.9 Å². The van der Waals surface area contributed by atoms with E-state index >= 15 is 0 Å². The maximum Gasteiger partial charge on any atom is 0.400 e. The van der Waals surface area contributed by atoms with Crippen LogP contribution in [0.2, 0.25) is 0 Å². The highest BCUT2D eigenvalue weighted by atomic mass is 32.2. The van der Waals surface area contributed by atoms with Gasteiger partial charge in [-0.05, 0) is 10.8 Å². The van der Waals surface area contributed by atoms with Gasteiger partial charge in [0, 0.05) is 0 Å². The zero-order chi connectivity index (χ0) is 5.98. The predicted molar refractivity (Wildman–Crippen MR) is 33.3 cm³/mol. The molecule has 0 fully saturated rings. The summed E-state index contributed by atoms with van der Waals surface area (Å²) in [5, 5.41) is 12.3. The van der Waals surface area contributed by atoms with Crippen LogP contribution in [0.1, 0.15) is 0 Å². The van der Waals surface area contributed by atoms with E-state index in [0.717, 1.165) is 0 Å². The van der Waals surface area contributed by atoms with Gasteiger partial charge < -0.3 is 0 Å². The van der Waals surface area contributed by atoms with Crippen LogP contribution < -0.4 is 0 Å². The first-order valence-electron chi connectivity index (χ1n) is 2.15. The van der Waals surface area contributed by atoms with E-state index < -0.39 is 16.2 Å². The third kappa shape index (κ3) is 0.924. The van der Waals surface area contributed by atoms with Crippen molar-refractivity contribution in [1.29, 1.82) is 0 Å². The van der Waals surface area contributed by atoms with Crippen molar-refractivity contribution in [2.45, 2.75) is 0 Å². The van der Waals surface area contributed by atoms with E-state index in [9.17, 15) is 9.90 Å². The minimum absolute atomic E-state index is 0.968. The molecule has 1 aliphatic rings. The van der Waals surface area contributed by atoms with E-state index in [4.69, 9.17) is 0 Å². The van der Waals surface area contributed by atoms with Gasteiger partial charge in [-0.1, -0.05) is 12.2 Å². The Balaban J connectivity index is 2.62. The van der Waals surface area contributed by atoms with E-state index in [2.05, 4.69) is 0 Å². The van der Waals surface area contributed by atoms with Crippen molar-refractivity contribution >= 4 is 16.2 Å². The largest absolute Gasteiger partial charge is 0.400 e. The zero-order valence-corrected chi connectivity index (χ0v) is 4.97. The van der Waals surface area contributed by atoms with E-state index in [-0.39, 0.29) is 0 Å². The second-order valence-corrected chi connectivity index (χ2v) is 3.13. The molecule has 1 aliphatic heterocycles. The minimum Gasteiger partial charge on any atom is -0.235 e. The molecule has 0 aromatic heterocycles. The van der Waals surface area contributed by atoms with Crippen LogP contribution in [0.4, 0.5) is 4.79 Å². The Morgan fingerprint density at radius 3 is 2.00 bits per heavy atom. The molecule has 43 valence electrons. The maximum atomic E-state index is 10.0. The van der Waals surface area contributed by atoms with Crippen molar-refractivity contribution in [2.24, 2.45) is 0 Å². The van der Waals surface area contributed by atoms with Crippen LogP contribution in [0.25, 0.3) is 0 Å². The maximum absolute atomic E-state index is 10.0. The number of hydrogen-bond donors (Lipinski definition) is 1. The van der Waals surface area contributed by atoms with Crippen LogP contribution in [-0.4, -0.2) is 5.30 Å². The van der Waals surface area contributed by atoms with E-state index in [1.807, 2.05) is 0 Å². The summed E-state index contributed by atoms with van der Waals surface area (Å²) in [6.45, 7) is 0. The highest BCUT2D eigenvalue weighted by Gasteiger charge is 2.07. The second-order valence-electron chi connectivity index (χ2n) is 1.36. The van der Waals surface area contributed by atoms with Gasteiger partial charge in [0.1, 0.15) is 0 Å². The van der Waals surface area contributed by atoms with Crippen molar-refractivity contribution in [1.82, 2.24) is 0 Å². The lowest BCUT2D eigenvalue weighted by molar-refractivity contribution is 0.199. The molecule has 1 heterocycles. The molecule has 0 aliphatic carbocycles. The van der Waals surface area contributed by atoms with E-state index in [1.54, 1.807) is 23.0 Å². The molecule has 8 heavy (non-hydrogen) atoms. The molecule has 0 N–H and O–H groups in total. The average Bonchev–Trinajstić information content (AvgIpc) is 2.12. The van der Waals surface area contributed by atoms with Crippen molar-refractivity contribution in [2.75, 3.05) is 0 Å². The van der Waals surface area contributed by atoms with Gasteiger partial charge in [0.2, 0.25) is 0 Å². The highest BCUT2D eigenvalue weighted by Crippen LogP contribution is 2.32. The van der Waals surface area contributed by atoms with Crippen molar-refractivity contribution in [3.8, 4) is 0 Å². The molecule has 0 aromatic carbocycles. The fourth-order valence-electron chi connectivity index (χ4n) is 0.456. The summed E-state index contributed by atoms with van der Waals surface area (Å²) in [6, 6.07) is 0. The van der Waals surface area contributed by atoms with Crippen LogP contribution in [0.15, 0.2) is 23.0 Å². The van der Waals surface area contributed by atoms with Crippen LogP contribution in [0.5, 0.6) is 0 Å². The van der Waals surface area contributed by atoms with Gasteiger partial charge in [0.05, 0.1) is 0 Å². The fourth-order valence-corrected chi connectivity index (χ4v) is 1.37. The molecule has 0 spiro atoms. The molecule has 0 aromatic rings. The summed E-state index contributed by atoms with van der Waals surface area (Å²) in [5.41, 5.74) is 0. The van der Waals surface area contributed by atoms with Crippen LogP contribution in [0, 0.1) is 0 Å². The highest BCUT2D eigenvalue weighted by molar-refractivity contribution is 8.34. The van der Waals surface area contributed by atoms with Gasteiger partial charge in [0.15, 0.2) is 0 Å². The normalized spacial score (nSPS) is 19.8. The van der Waals surface area contributed by atoms with Gasteiger partial charge in [-0.15, -0.1) is 10.9 Å². The molecule has 1 radical (unpaired) electrons. The SMILES string of the molecule is [O]C(=O)[SH]1C=CC=C1. The molecule has 0 unspecified atom stereocenters. The topological polar surface area (TPSA) is 37.0 Å². The lowest BCUT2D eigenvalue weighted by Gasteiger charge is -1.94. The third-order valence-corrected chi connectivity index (χ3v) is 2.22. The van der Waals surface area contributed by atoms with Gasteiger partial charge in [-0.2, -0.15) is 0 Å². The Morgan fingerprint density at radius 2 is 1.75 bits per heavy atom. The van der Waals surface area contributed by atoms with Crippen molar-refractivity contribution in [3.05, 3.63) is 23.0 Å². The second kappa shape index (κ2) is 2.05. The molecule has 0 bridgehead atoms. The third-order valence-electron chi connectivity index (χ3n) is 0.815. The number of carbonyl (C=O) groups is 1. The van der Waals surface area contributed by atoms with Gasteiger partial charge in [0.25, 0.3) is 0 Å².